The number of carbonyl (C=O) groups excluding carboxylic acids is 2. The summed E-state index contributed by atoms with van der Waals surface area (Å²) >= 11 is 12.5. The van der Waals surface area contributed by atoms with Crippen LogP contribution in [-0.2, 0) is 9.53 Å². The Labute approximate surface area is 205 Å². The third-order valence-corrected chi connectivity index (χ3v) is 6.19. The predicted molar refractivity (Wildman–Crippen MR) is 130 cm³/mol. The van der Waals surface area contributed by atoms with Gasteiger partial charge in [-0.1, -0.05) is 71.7 Å². The zero-order chi connectivity index (χ0) is 24.4. The van der Waals surface area contributed by atoms with E-state index in [-0.39, 0.29) is 33.8 Å². The molecule has 3 N–H and O–H groups in total. The number of hydrogen-bond acceptors (Lipinski definition) is 4. The molecule has 0 heterocycles. The van der Waals surface area contributed by atoms with E-state index in [4.69, 9.17) is 33.0 Å². The minimum absolute atomic E-state index is 0.00846. The first-order valence-electron chi connectivity index (χ1n) is 10.4. The van der Waals surface area contributed by atoms with Crippen molar-refractivity contribution in [3.8, 4) is 11.1 Å². The van der Waals surface area contributed by atoms with Crippen LogP contribution in [0.1, 0.15) is 34.3 Å². The minimum Gasteiger partial charge on any atom is -0.480 e. The molecule has 0 saturated heterocycles. The molecule has 1 aliphatic rings. The summed E-state index contributed by atoms with van der Waals surface area (Å²) in [6, 6.07) is 17.5. The number of hydrogen-bond donors (Lipinski definition) is 3. The van der Waals surface area contributed by atoms with E-state index in [1.54, 1.807) is 0 Å². The lowest BCUT2D eigenvalue weighted by molar-refractivity contribution is -0.138. The van der Waals surface area contributed by atoms with E-state index in [2.05, 4.69) is 10.6 Å². The van der Waals surface area contributed by atoms with Gasteiger partial charge in [0.25, 0.3) is 5.91 Å². The maximum atomic E-state index is 12.5. The average molecular weight is 499 g/mol. The zero-order valence-corrected chi connectivity index (χ0v) is 19.5. The number of amides is 2. The highest BCUT2D eigenvalue weighted by molar-refractivity contribution is 6.40. The fourth-order valence-electron chi connectivity index (χ4n) is 3.90. The van der Waals surface area contributed by atoms with Crippen molar-refractivity contribution in [3.63, 3.8) is 0 Å². The van der Waals surface area contributed by atoms with Crippen LogP contribution in [0.3, 0.4) is 0 Å². The molecule has 4 rings (SSSR count). The van der Waals surface area contributed by atoms with E-state index in [9.17, 15) is 14.4 Å². The van der Waals surface area contributed by atoms with Crippen LogP contribution < -0.4 is 10.6 Å². The monoisotopic (exact) mass is 498 g/mol. The van der Waals surface area contributed by atoms with Crippen molar-refractivity contribution in [2.45, 2.75) is 18.9 Å². The summed E-state index contributed by atoms with van der Waals surface area (Å²) in [6.45, 7) is 1.44. The zero-order valence-electron chi connectivity index (χ0n) is 18.0. The number of carboxylic acid groups (broad SMARTS) is 1. The highest BCUT2D eigenvalue weighted by Crippen LogP contribution is 2.44. The molecular formula is C25H20Cl2N2O5. The Bertz CT molecular complexity index is 1230. The van der Waals surface area contributed by atoms with Crippen molar-refractivity contribution in [1.82, 2.24) is 5.32 Å². The van der Waals surface area contributed by atoms with Gasteiger partial charge < -0.3 is 15.2 Å². The van der Waals surface area contributed by atoms with Crippen LogP contribution in [0.5, 0.6) is 0 Å². The lowest BCUT2D eigenvalue weighted by atomic mass is 9.98. The third kappa shape index (κ3) is 4.71. The molecule has 0 saturated carbocycles. The molecule has 0 unspecified atom stereocenters. The Hall–Kier alpha value is -3.55. The molecule has 1 aliphatic carbocycles. The fourth-order valence-corrected chi connectivity index (χ4v) is 4.48. The van der Waals surface area contributed by atoms with Crippen molar-refractivity contribution in [2.24, 2.45) is 0 Å². The first kappa shape index (κ1) is 23.6. The maximum Gasteiger partial charge on any atom is 0.411 e. The highest BCUT2D eigenvalue weighted by atomic mass is 35.5. The molecule has 0 aromatic heterocycles. The lowest BCUT2D eigenvalue weighted by Crippen LogP contribution is -2.38. The van der Waals surface area contributed by atoms with Crippen molar-refractivity contribution in [3.05, 3.63) is 87.4 Å². The van der Waals surface area contributed by atoms with Crippen molar-refractivity contribution in [2.75, 3.05) is 11.9 Å². The minimum atomic E-state index is -1.18. The lowest BCUT2D eigenvalue weighted by Gasteiger charge is -2.16. The molecule has 3 aromatic carbocycles. The van der Waals surface area contributed by atoms with Gasteiger partial charge in [-0.25, -0.2) is 4.79 Å². The van der Waals surface area contributed by atoms with Crippen molar-refractivity contribution < 1.29 is 24.2 Å². The predicted octanol–water partition coefficient (Wildman–Crippen LogP) is 5.56. The van der Waals surface area contributed by atoms with Crippen LogP contribution in [0.25, 0.3) is 11.1 Å². The van der Waals surface area contributed by atoms with E-state index in [1.165, 1.54) is 19.1 Å². The molecule has 34 heavy (non-hydrogen) atoms. The van der Waals surface area contributed by atoms with Gasteiger partial charge >= 0.3 is 12.1 Å². The number of carbonyl (C=O) groups is 3. The summed E-state index contributed by atoms with van der Waals surface area (Å²) in [5, 5.41) is 13.8. The molecule has 7 nitrogen and oxygen atoms in total. The topological polar surface area (TPSA) is 105 Å². The van der Waals surface area contributed by atoms with Gasteiger partial charge in [0, 0.05) is 11.5 Å². The Morgan fingerprint density at radius 3 is 2.03 bits per heavy atom. The molecule has 174 valence electrons. The van der Waals surface area contributed by atoms with Crippen LogP contribution in [0.15, 0.2) is 60.7 Å². The number of rotatable bonds is 6. The van der Waals surface area contributed by atoms with Gasteiger partial charge in [0.1, 0.15) is 12.6 Å². The Morgan fingerprint density at radius 1 is 0.971 bits per heavy atom. The Morgan fingerprint density at radius 2 is 1.50 bits per heavy atom. The number of fused-ring (bicyclic) bond motifs is 3. The van der Waals surface area contributed by atoms with Crippen LogP contribution in [0, 0.1) is 0 Å². The normalized spacial score (nSPS) is 12.9. The molecule has 0 radical (unpaired) electrons. The molecule has 1 atom stereocenters. The third-order valence-electron chi connectivity index (χ3n) is 5.59. The van der Waals surface area contributed by atoms with Gasteiger partial charge in [0.15, 0.2) is 0 Å². The van der Waals surface area contributed by atoms with Crippen molar-refractivity contribution >= 4 is 46.9 Å². The highest BCUT2D eigenvalue weighted by Gasteiger charge is 2.29. The molecule has 3 aromatic rings. The largest absolute Gasteiger partial charge is 0.480 e. The molecule has 0 spiro atoms. The fraction of sp³-hybridized carbons (Fsp3) is 0.160. The molecule has 2 amide bonds. The average Bonchev–Trinajstić information content (AvgIpc) is 3.13. The second-order valence-corrected chi connectivity index (χ2v) is 8.61. The number of halogens is 2. The van der Waals surface area contributed by atoms with Gasteiger partial charge in [-0.2, -0.15) is 0 Å². The van der Waals surface area contributed by atoms with Crippen LogP contribution >= 0.6 is 23.2 Å². The number of aliphatic carboxylic acids is 1. The maximum absolute atomic E-state index is 12.5. The number of carboxylic acids is 1. The van der Waals surface area contributed by atoms with Gasteiger partial charge in [0.05, 0.1) is 15.7 Å². The smallest absolute Gasteiger partial charge is 0.411 e. The summed E-state index contributed by atoms with van der Waals surface area (Å²) in [5.74, 6) is -1.95. The molecule has 0 bridgehead atoms. The van der Waals surface area contributed by atoms with Crippen LogP contribution in [-0.4, -0.2) is 35.7 Å². The second-order valence-electron chi connectivity index (χ2n) is 7.80. The summed E-state index contributed by atoms with van der Waals surface area (Å²) < 4.78 is 5.50. The summed E-state index contributed by atoms with van der Waals surface area (Å²) in [6.07, 6.45) is -0.748. The van der Waals surface area contributed by atoms with Gasteiger partial charge in [-0.05, 0) is 41.3 Å². The first-order chi connectivity index (χ1) is 16.3. The Kier molecular flexibility index (Phi) is 6.77. The standard InChI is InChI=1S/C25H20Cl2N2O5/c1-13(24(31)32)28-23(30)14-10-20(26)22(21(27)11-14)29-25(33)34-12-19-17-8-4-2-6-15(17)16-7-3-5-9-18(16)19/h2-11,13,19H,12H2,1H3,(H,28,30)(H,29,33)(H,31,32)/t13-/m0/s1. The van der Waals surface area contributed by atoms with E-state index in [1.807, 2.05) is 48.5 Å². The summed E-state index contributed by atoms with van der Waals surface area (Å²) in [4.78, 5) is 35.7. The number of benzene rings is 3. The van der Waals surface area contributed by atoms with Gasteiger partial charge in [0.2, 0.25) is 0 Å². The quantitative estimate of drug-likeness (QED) is 0.412. The van der Waals surface area contributed by atoms with E-state index < -0.39 is 24.0 Å². The Balaban J connectivity index is 1.45. The van der Waals surface area contributed by atoms with Crippen LogP contribution in [0.4, 0.5) is 10.5 Å². The van der Waals surface area contributed by atoms with Gasteiger partial charge in [-0.3, -0.25) is 14.9 Å². The van der Waals surface area contributed by atoms with Gasteiger partial charge in [-0.15, -0.1) is 0 Å². The molecule has 0 aliphatic heterocycles. The van der Waals surface area contributed by atoms with E-state index in [0.29, 0.717) is 0 Å². The molecule has 0 fully saturated rings. The summed E-state index contributed by atoms with van der Waals surface area (Å²) in [5.41, 5.74) is 4.54. The summed E-state index contributed by atoms with van der Waals surface area (Å²) in [7, 11) is 0. The molecule has 9 heteroatoms. The molecular weight excluding hydrogens is 479 g/mol. The number of ether oxygens (including phenoxy) is 1. The van der Waals surface area contributed by atoms with E-state index in [0.717, 1.165) is 22.3 Å². The first-order valence-corrected chi connectivity index (χ1v) is 11.2. The SMILES string of the molecule is C[C@H](NC(=O)c1cc(Cl)c(NC(=O)OCC2c3ccccc3-c3ccccc32)c(Cl)c1)C(=O)O. The second kappa shape index (κ2) is 9.75. The number of anilines is 1. The van der Waals surface area contributed by atoms with Crippen molar-refractivity contribution in [1.29, 1.82) is 0 Å². The van der Waals surface area contributed by atoms with E-state index >= 15 is 0 Å². The van der Waals surface area contributed by atoms with Crippen LogP contribution in [0.2, 0.25) is 10.0 Å². The number of nitrogens with one attached hydrogen (secondary N) is 2.